The van der Waals surface area contributed by atoms with Gasteiger partial charge in [-0.2, -0.15) is 5.10 Å². The van der Waals surface area contributed by atoms with Gasteiger partial charge in [0.2, 0.25) is 0 Å². The highest BCUT2D eigenvalue weighted by molar-refractivity contribution is 5.94. The third-order valence-corrected chi connectivity index (χ3v) is 4.38. The Labute approximate surface area is 112 Å². The second-order valence-corrected chi connectivity index (χ2v) is 5.85. The van der Waals surface area contributed by atoms with Crippen molar-refractivity contribution in [2.24, 2.45) is 0 Å². The van der Waals surface area contributed by atoms with E-state index in [4.69, 9.17) is 0 Å². The van der Waals surface area contributed by atoms with Crippen LogP contribution in [0.1, 0.15) is 60.3 Å². The first-order valence-corrected chi connectivity index (χ1v) is 7.25. The molecule has 0 atom stereocenters. The Kier molecular flexibility index (Phi) is 3.31. The fourth-order valence-electron chi connectivity index (χ4n) is 3.21. The normalized spacial score (nSPS) is 21.1. The monoisotopic (exact) mass is 263 g/mol. The number of nitrogens with one attached hydrogen (secondary N) is 2. The summed E-state index contributed by atoms with van der Waals surface area (Å²) in [5, 5.41) is 20.2. The molecular weight excluding hydrogens is 242 g/mol. The van der Waals surface area contributed by atoms with Crippen LogP contribution in [-0.2, 0) is 12.8 Å². The first kappa shape index (κ1) is 12.7. The summed E-state index contributed by atoms with van der Waals surface area (Å²) in [4.78, 5) is 12.2. The highest BCUT2D eigenvalue weighted by atomic mass is 16.3. The van der Waals surface area contributed by atoms with Gasteiger partial charge in [0.05, 0.1) is 5.60 Å². The maximum absolute atomic E-state index is 12.2. The number of fused-ring (bicyclic) bond motifs is 1. The van der Waals surface area contributed by atoms with Crippen LogP contribution in [-0.4, -0.2) is 33.4 Å². The Balaban J connectivity index is 1.65. The van der Waals surface area contributed by atoms with Crippen molar-refractivity contribution in [2.75, 3.05) is 6.54 Å². The number of H-pyrrole nitrogens is 1. The van der Waals surface area contributed by atoms with Crippen molar-refractivity contribution in [3.8, 4) is 0 Å². The van der Waals surface area contributed by atoms with Crippen molar-refractivity contribution < 1.29 is 9.90 Å². The molecule has 1 fully saturated rings. The van der Waals surface area contributed by atoms with E-state index in [0.717, 1.165) is 62.6 Å². The van der Waals surface area contributed by atoms with E-state index in [1.54, 1.807) is 0 Å². The molecule has 0 radical (unpaired) electrons. The minimum atomic E-state index is -0.702. The molecule has 0 unspecified atom stereocenters. The van der Waals surface area contributed by atoms with Gasteiger partial charge in [-0.15, -0.1) is 0 Å². The maximum atomic E-state index is 12.2. The lowest BCUT2D eigenvalue weighted by atomic mass is 9.95. The van der Waals surface area contributed by atoms with Crippen LogP contribution in [0, 0.1) is 0 Å². The second-order valence-electron chi connectivity index (χ2n) is 5.85. The van der Waals surface area contributed by atoms with Crippen molar-refractivity contribution in [3.05, 3.63) is 17.0 Å². The summed E-state index contributed by atoms with van der Waals surface area (Å²) in [5.74, 6) is -0.153. The van der Waals surface area contributed by atoms with Gasteiger partial charge in [0.1, 0.15) is 0 Å². The minimum Gasteiger partial charge on any atom is -0.388 e. The number of hydrogen-bond acceptors (Lipinski definition) is 3. The number of rotatable bonds is 3. The summed E-state index contributed by atoms with van der Waals surface area (Å²) in [6.45, 7) is 0.341. The molecule has 0 spiro atoms. The van der Waals surface area contributed by atoms with E-state index in [2.05, 4.69) is 15.5 Å². The lowest BCUT2D eigenvalue weighted by molar-refractivity contribution is 0.0448. The Bertz CT molecular complexity index is 475. The predicted molar refractivity (Wildman–Crippen MR) is 71.0 cm³/mol. The Morgan fingerprint density at radius 1 is 1.26 bits per heavy atom. The number of carbonyl (C=O) groups excluding carboxylic acids is 1. The summed E-state index contributed by atoms with van der Waals surface area (Å²) < 4.78 is 0. The maximum Gasteiger partial charge on any atom is 0.272 e. The zero-order valence-corrected chi connectivity index (χ0v) is 11.2. The fraction of sp³-hybridized carbons (Fsp3) is 0.714. The average Bonchev–Trinajstić information content (AvgIpc) is 3.03. The number of aryl methyl sites for hydroxylation is 1. The van der Waals surface area contributed by atoms with Crippen molar-refractivity contribution in [1.29, 1.82) is 0 Å². The molecule has 0 saturated heterocycles. The van der Waals surface area contributed by atoms with Crippen LogP contribution in [0.25, 0.3) is 0 Å². The lowest BCUT2D eigenvalue weighted by Crippen LogP contribution is -2.41. The molecule has 1 amide bonds. The zero-order chi connectivity index (χ0) is 13.3. The van der Waals surface area contributed by atoms with Crippen LogP contribution < -0.4 is 5.32 Å². The Morgan fingerprint density at radius 3 is 2.79 bits per heavy atom. The van der Waals surface area contributed by atoms with Crippen LogP contribution in [0.15, 0.2) is 0 Å². The number of hydrogen-bond donors (Lipinski definition) is 3. The van der Waals surface area contributed by atoms with E-state index in [0.29, 0.717) is 12.2 Å². The summed E-state index contributed by atoms with van der Waals surface area (Å²) in [7, 11) is 0. The molecule has 104 valence electrons. The van der Waals surface area contributed by atoms with Crippen molar-refractivity contribution in [1.82, 2.24) is 15.5 Å². The van der Waals surface area contributed by atoms with Crippen LogP contribution in [0.2, 0.25) is 0 Å². The van der Waals surface area contributed by atoms with Crippen LogP contribution in [0.4, 0.5) is 0 Å². The molecule has 5 nitrogen and oxygen atoms in total. The number of amides is 1. The number of carbonyl (C=O) groups is 1. The molecule has 0 aliphatic heterocycles. The molecule has 19 heavy (non-hydrogen) atoms. The molecule has 3 N–H and O–H groups in total. The van der Waals surface area contributed by atoms with Gasteiger partial charge in [-0.3, -0.25) is 9.89 Å². The SMILES string of the molecule is O=C(NCC1(O)CCCC1)c1n[nH]c2c1CCCC2. The van der Waals surface area contributed by atoms with Crippen molar-refractivity contribution in [2.45, 2.75) is 57.0 Å². The third kappa shape index (κ3) is 2.52. The average molecular weight is 263 g/mol. The second kappa shape index (κ2) is 4.96. The van der Waals surface area contributed by atoms with Gasteiger partial charge < -0.3 is 10.4 Å². The van der Waals surface area contributed by atoms with Gasteiger partial charge >= 0.3 is 0 Å². The fourth-order valence-corrected chi connectivity index (χ4v) is 3.21. The van der Waals surface area contributed by atoms with Crippen LogP contribution >= 0.6 is 0 Å². The van der Waals surface area contributed by atoms with Gasteiger partial charge in [0.25, 0.3) is 5.91 Å². The summed E-state index contributed by atoms with van der Waals surface area (Å²) in [6, 6.07) is 0. The quantitative estimate of drug-likeness (QED) is 0.769. The van der Waals surface area contributed by atoms with Crippen molar-refractivity contribution in [3.63, 3.8) is 0 Å². The summed E-state index contributed by atoms with van der Waals surface area (Å²) >= 11 is 0. The largest absolute Gasteiger partial charge is 0.388 e. The molecular formula is C14H21N3O2. The molecule has 1 heterocycles. The first-order chi connectivity index (χ1) is 9.18. The number of nitrogens with zero attached hydrogens (tertiary/aromatic N) is 1. The third-order valence-electron chi connectivity index (χ3n) is 4.38. The van der Waals surface area contributed by atoms with E-state index < -0.39 is 5.60 Å². The molecule has 2 aliphatic carbocycles. The molecule has 5 heteroatoms. The molecule has 0 bridgehead atoms. The summed E-state index contributed by atoms with van der Waals surface area (Å²) in [5.41, 5.74) is 2.00. The Morgan fingerprint density at radius 2 is 2.00 bits per heavy atom. The van der Waals surface area contributed by atoms with Gasteiger partial charge in [-0.1, -0.05) is 12.8 Å². The predicted octanol–water partition coefficient (Wildman–Crippen LogP) is 1.32. The minimum absolute atomic E-state index is 0.153. The topological polar surface area (TPSA) is 78.0 Å². The van der Waals surface area contributed by atoms with Gasteiger partial charge in [0, 0.05) is 17.8 Å². The van der Waals surface area contributed by atoms with Gasteiger partial charge in [-0.05, 0) is 38.5 Å². The lowest BCUT2D eigenvalue weighted by Gasteiger charge is -2.22. The smallest absolute Gasteiger partial charge is 0.272 e. The zero-order valence-electron chi connectivity index (χ0n) is 11.2. The molecule has 0 aromatic carbocycles. The standard InChI is InChI=1S/C14H21N3O2/c18-13(15-9-14(19)7-3-4-8-14)12-10-5-1-2-6-11(10)16-17-12/h19H,1-9H2,(H,15,18)(H,16,17). The molecule has 1 saturated carbocycles. The first-order valence-electron chi connectivity index (χ1n) is 7.25. The molecule has 1 aromatic rings. The van der Waals surface area contributed by atoms with Gasteiger partial charge in [-0.25, -0.2) is 0 Å². The van der Waals surface area contributed by atoms with Crippen molar-refractivity contribution >= 4 is 5.91 Å². The van der Waals surface area contributed by atoms with Crippen LogP contribution in [0.5, 0.6) is 0 Å². The molecule has 1 aromatic heterocycles. The number of aromatic nitrogens is 2. The Hall–Kier alpha value is -1.36. The van der Waals surface area contributed by atoms with E-state index in [9.17, 15) is 9.90 Å². The highest BCUT2D eigenvalue weighted by Gasteiger charge is 2.32. The van der Waals surface area contributed by atoms with E-state index in [-0.39, 0.29) is 5.91 Å². The number of aliphatic hydroxyl groups is 1. The van der Waals surface area contributed by atoms with Gasteiger partial charge in [0.15, 0.2) is 5.69 Å². The number of aromatic amines is 1. The van der Waals surface area contributed by atoms with E-state index in [1.807, 2.05) is 0 Å². The highest BCUT2D eigenvalue weighted by Crippen LogP contribution is 2.29. The molecule has 3 rings (SSSR count). The molecule has 2 aliphatic rings. The summed E-state index contributed by atoms with van der Waals surface area (Å²) in [6.07, 6.45) is 7.86. The van der Waals surface area contributed by atoms with E-state index >= 15 is 0 Å². The van der Waals surface area contributed by atoms with Crippen LogP contribution in [0.3, 0.4) is 0 Å². The van der Waals surface area contributed by atoms with E-state index in [1.165, 1.54) is 0 Å².